The number of hydrogen-bond donors (Lipinski definition) is 2. The van der Waals surface area contributed by atoms with Gasteiger partial charge in [0.1, 0.15) is 5.75 Å². The number of sulfone groups is 1. The van der Waals surface area contributed by atoms with Crippen LogP contribution in [0.4, 0.5) is 0 Å². The molecule has 2 rings (SSSR count). The summed E-state index contributed by atoms with van der Waals surface area (Å²) in [6, 6.07) is 17.0. The zero-order valence-corrected chi connectivity index (χ0v) is 17.3. The van der Waals surface area contributed by atoms with E-state index in [0.717, 1.165) is 23.4 Å². The van der Waals surface area contributed by atoms with Crippen LogP contribution in [0.5, 0.6) is 5.75 Å². The maximum absolute atomic E-state index is 12.2. The lowest BCUT2D eigenvalue weighted by molar-refractivity contribution is 0.414. The maximum Gasteiger partial charge on any atom is 0.191 e. The number of ether oxygens (including phenoxy) is 1. The quantitative estimate of drug-likeness (QED) is 0.362. The predicted molar refractivity (Wildman–Crippen MR) is 114 cm³/mol. The van der Waals surface area contributed by atoms with E-state index in [2.05, 4.69) is 15.6 Å². The van der Waals surface area contributed by atoms with Crippen LogP contribution in [0.3, 0.4) is 0 Å². The minimum atomic E-state index is -3.12. The summed E-state index contributed by atoms with van der Waals surface area (Å²) in [6.45, 7) is 3.81. The highest BCUT2D eigenvalue weighted by atomic mass is 32.2. The molecule has 0 aromatic heterocycles. The number of aliphatic imine (C=N–C) groups is 1. The Balaban J connectivity index is 1.80. The molecule has 0 aliphatic carbocycles. The average molecular weight is 404 g/mol. The van der Waals surface area contributed by atoms with Gasteiger partial charge in [0.05, 0.1) is 25.2 Å². The second-order valence-electron chi connectivity index (χ2n) is 6.40. The van der Waals surface area contributed by atoms with Crippen molar-refractivity contribution in [2.45, 2.75) is 25.6 Å². The molecule has 2 aromatic rings. The van der Waals surface area contributed by atoms with Gasteiger partial charge in [-0.15, -0.1) is 0 Å². The summed E-state index contributed by atoms with van der Waals surface area (Å²) in [7, 11) is -1.48. The molecule has 0 spiro atoms. The Morgan fingerprint density at radius 1 is 1.00 bits per heavy atom. The van der Waals surface area contributed by atoms with Gasteiger partial charge in [0.15, 0.2) is 15.8 Å². The van der Waals surface area contributed by atoms with Crippen molar-refractivity contribution in [1.82, 2.24) is 10.6 Å². The first kappa shape index (κ1) is 21.8. The van der Waals surface area contributed by atoms with Crippen LogP contribution in [0, 0.1) is 0 Å². The standard InChI is InChI=1S/C21H29N3O3S/c1-3-22-21(24-16-18-10-12-20(27-2)13-11-18)23-14-7-15-28(25,26)17-19-8-5-4-6-9-19/h4-6,8-13H,3,7,14-17H2,1-2H3,(H2,22,23,24). The van der Waals surface area contributed by atoms with Crippen molar-refractivity contribution < 1.29 is 13.2 Å². The van der Waals surface area contributed by atoms with Gasteiger partial charge in [-0.25, -0.2) is 13.4 Å². The van der Waals surface area contributed by atoms with E-state index in [1.54, 1.807) is 7.11 Å². The van der Waals surface area contributed by atoms with E-state index in [4.69, 9.17) is 4.74 Å². The molecule has 0 radical (unpaired) electrons. The summed E-state index contributed by atoms with van der Waals surface area (Å²) in [5.41, 5.74) is 1.90. The number of benzene rings is 2. The minimum Gasteiger partial charge on any atom is -0.497 e. The predicted octanol–water partition coefficient (Wildman–Crippen LogP) is 2.76. The number of nitrogens with zero attached hydrogens (tertiary/aromatic N) is 1. The highest BCUT2D eigenvalue weighted by Gasteiger charge is 2.11. The molecule has 28 heavy (non-hydrogen) atoms. The summed E-state index contributed by atoms with van der Waals surface area (Å²) in [5, 5.41) is 6.38. The molecule has 0 saturated heterocycles. The maximum atomic E-state index is 12.2. The smallest absolute Gasteiger partial charge is 0.191 e. The Bertz CT molecular complexity index is 835. The van der Waals surface area contributed by atoms with Crippen molar-refractivity contribution in [2.24, 2.45) is 4.99 Å². The molecule has 0 saturated carbocycles. The van der Waals surface area contributed by atoms with Gasteiger partial charge in [-0.05, 0) is 36.6 Å². The molecule has 152 valence electrons. The number of guanidine groups is 1. The lowest BCUT2D eigenvalue weighted by Crippen LogP contribution is -2.38. The van der Waals surface area contributed by atoms with Crippen molar-refractivity contribution in [3.8, 4) is 5.75 Å². The first-order chi connectivity index (χ1) is 13.5. The Kier molecular flexibility index (Phi) is 8.81. The van der Waals surface area contributed by atoms with Gasteiger partial charge >= 0.3 is 0 Å². The highest BCUT2D eigenvalue weighted by molar-refractivity contribution is 7.90. The molecule has 2 N–H and O–H groups in total. The molecule has 0 unspecified atom stereocenters. The van der Waals surface area contributed by atoms with Crippen LogP contribution in [0.2, 0.25) is 0 Å². The van der Waals surface area contributed by atoms with Crippen molar-refractivity contribution >= 4 is 15.8 Å². The van der Waals surface area contributed by atoms with E-state index in [0.29, 0.717) is 25.5 Å². The van der Waals surface area contributed by atoms with Gasteiger partial charge in [0.25, 0.3) is 0 Å². The summed E-state index contributed by atoms with van der Waals surface area (Å²) in [4.78, 5) is 4.55. The van der Waals surface area contributed by atoms with Crippen LogP contribution in [0.15, 0.2) is 59.6 Å². The van der Waals surface area contributed by atoms with Gasteiger partial charge in [-0.3, -0.25) is 0 Å². The fourth-order valence-electron chi connectivity index (χ4n) is 2.64. The molecule has 0 aliphatic rings. The molecular weight excluding hydrogens is 374 g/mol. The summed E-state index contributed by atoms with van der Waals surface area (Å²) in [6.07, 6.45) is 0.530. The SMILES string of the molecule is CCNC(=NCc1ccc(OC)cc1)NCCCS(=O)(=O)Cc1ccccc1. The molecular formula is C21H29N3O3S. The van der Waals surface area contributed by atoms with E-state index in [1.807, 2.05) is 61.5 Å². The van der Waals surface area contributed by atoms with E-state index in [9.17, 15) is 8.42 Å². The van der Waals surface area contributed by atoms with Crippen molar-refractivity contribution in [2.75, 3.05) is 26.0 Å². The minimum absolute atomic E-state index is 0.0828. The Hall–Kier alpha value is -2.54. The fourth-order valence-corrected chi connectivity index (χ4v) is 4.07. The molecule has 2 aromatic carbocycles. The first-order valence-electron chi connectivity index (χ1n) is 9.42. The molecule has 0 heterocycles. The Morgan fingerprint density at radius 2 is 1.71 bits per heavy atom. The van der Waals surface area contributed by atoms with Gasteiger partial charge in [0, 0.05) is 13.1 Å². The second-order valence-corrected chi connectivity index (χ2v) is 8.59. The molecule has 0 atom stereocenters. The third-order valence-corrected chi connectivity index (χ3v) is 5.76. The van der Waals surface area contributed by atoms with E-state index in [1.165, 1.54) is 0 Å². The Morgan fingerprint density at radius 3 is 2.36 bits per heavy atom. The summed E-state index contributed by atoms with van der Waals surface area (Å²) >= 11 is 0. The lowest BCUT2D eigenvalue weighted by atomic mass is 10.2. The van der Waals surface area contributed by atoms with Gasteiger partial charge in [-0.1, -0.05) is 42.5 Å². The molecule has 7 heteroatoms. The highest BCUT2D eigenvalue weighted by Crippen LogP contribution is 2.12. The third-order valence-electron chi connectivity index (χ3n) is 4.08. The molecule has 6 nitrogen and oxygen atoms in total. The van der Waals surface area contributed by atoms with E-state index < -0.39 is 9.84 Å². The fraction of sp³-hybridized carbons (Fsp3) is 0.381. The third kappa shape index (κ3) is 8.00. The van der Waals surface area contributed by atoms with Crippen molar-refractivity contribution in [3.05, 3.63) is 65.7 Å². The van der Waals surface area contributed by atoms with E-state index in [-0.39, 0.29) is 11.5 Å². The molecule has 0 fully saturated rings. The largest absolute Gasteiger partial charge is 0.497 e. The monoisotopic (exact) mass is 403 g/mol. The van der Waals surface area contributed by atoms with Crippen molar-refractivity contribution in [1.29, 1.82) is 0 Å². The number of hydrogen-bond acceptors (Lipinski definition) is 4. The summed E-state index contributed by atoms with van der Waals surface area (Å²) in [5.74, 6) is 1.72. The summed E-state index contributed by atoms with van der Waals surface area (Å²) < 4.78 is 29.7. The van der Waals surface area contributed by atoms with Gasteiger partial charge in [-0.2, -0.15) is 0 Å². The number of methoxy groups -OCH3 is 1. The molecule has 0 aliphatic heterocycles. The number of rotatable bonds is 10. The van der Waals surface area contributed by atoms with Crippen LogP contribution < -0.4 is 15.4 Å². The number of nitrogens with one attached hydrogen (secondary N) is 2. The van der Waals surface area contributed by atoms with Crippen molar-refractivity contribution in [3.63, 3.8) is 0 Å². The van der Waals surface area contributed by atoms with Crippen LogP contribution in [-0.2, 0) is 22.1 Å². The van der Waals surface area contributed by atoms with Crippen LogP contribution in [0.1, 0.15) is 24.5 Å². The normalized spacial score (nSPS) is 11.9. The average Bonchev–Trinajstić information content (AvgIpc) is 2.70. The first-order valence-corrected chi connectivity index (χ1v) is 11.2. The van der Waals surface area contributed by atoms with Crippen LogP contribution in [-0.4, -0.2) is 40.3 Å². The topological polar surface area (TPSA) is 79.8 Å². The van der Waals surface area contributed by atoms with E-state index >= 15 is 0 Å². The molecule has 0 bridgehead atoms. The zero-order valence-electron chi connectivity index (χ0n) is 16.5. The van der Waals surface area contributed by atoms with Gasteiger partial charge in [0.2, 0.25) is 0 Å². The molecule has 0 amide bonds. The zero-order chi connectivity index (χ0) is 20.2. The lowest BCUT2D eigenvalue weighted by Gasteiger charge is -2.11. The second kappa shape index (κ2) is 11.3. The van der Waals surface area contributed by atoms with Gasteiger partial charge < -0.3 is 15.4 Å². The Labute approximate surface area is 168 Å². The van der Waals surface area contributed by atoms with Crippen LogP contribution >= 0.6 is 0 Å². The van der Waals surface area contributed by atoms with Crippen LogP contribution in [0.25, 0.3) is 0 Å².